The van der Waals surface area contributed by atoms with E-state index < -0.39 is 0 Å². The van der Waals surface area contributed by atoms with Gasteiger partial charge in [-0.1, -0.05) is 30.7 Å². The van der Waals surface area contributed by atoms with Crippen LogP contribution < -0.4 is 10.1 Å². The zero-order chi connectivity index (χ0) is 15.2. The fourth-order valence-corrected chi connectivity index (χ4v) is 2.42. The van der Waals surface area contributed by atoms with Crippen molar-refractivity contribution in [1.82, 2.24) is 5.32 Å². The minimum Gasteiger partial charge on any atom is -0.456 e. The van der Waals surface area contributed by atoms with Crippen molar-refractivity contribution in [3.63, 3.8) is 0 Å². The van der Waals surface area contributed by atoms with Gasteiger partial charge < -0.3 is 10.1 Å². The molecule has 2 rings (SSSR count). The predicted molar refractivity (Wildman–Crippen MR) is 89.4 cm³/mol. The molecule has 2 nitrogen and oxygen atoms in total. The topological polar surface area (TPSA) is 21.3 Å². The Hall–Kier alpha value is -1.51. The van der Waals surface area contributed by atoms with Crippen LogP contribution in [0.1, 0.15) is 30.0 Å². The summed E-state index contributed by atoms with van der Waals surface area (Å²) >= 11 is 6.20. The van der Waals surface area contributed by atoms with E-state index in [2.05, 4.69) is 31.3 Å². The van der Waals surface area contributed by atoms with Crippen molar-refractivity contribution in [1.29, 1.82) is 0 Å². The number of benzene rings is 2. The normalized spacial score (nSPS) is 10.7. The highest BCUT2D eigenvalue weighted by molar-refractivity contribution is 6.32. The molecule has 2 aromatic rings. The maximum Gasteiger partial charge on any atom is 0.146 e. The molecule has 21 heavy (non-hydrogen) atoms. The molecule has 0 saturated heterocycles. The Morgan fingerprint density at radius 3 is 2.57 bits per heavy atom. The molecule has 0 spiro atoms. The Morgan fingerprint density at radius 1 is 1.10 bits per heavy atom. The van der Waals surface area contributed by atoms with Crippen LogP contribution in [0.2, 0.25) is 5.02 Å². The fourth-order valence-electron chi connectivity index (χ4n) is 2.15. The summed E-state index contributed by atoms with van der Waals surface area (Å²) in [5.41, 5.74) is 3.64. The Bertz CT molecular complexity index is 610. The smallest absolute Gasteiger partial charge is 0.146 e. The summed E-state index contributed by atoms with van der Waals surface area (Å²) in [7, 11) is 0. The van der Waals surface area contributed by atoms with Gasteiger partial charge in [-0.05, 0) is 67.8 Å². The minimum absolute atomic E-state index is 0.640. The number of nitrogens with one attached hydrogen (secondary N) is 1. The van der Waals surface area contributed by atoms with Crippen LogP contribution in [0.15, 0.2) is 36.4 Å². The van der Waals surface area contributed by atoms with Crippen molar-refractivity contribution in [2.75, 3.05) is 6.54 Å². The second kappa shape index (κ2) is 7.48. The van der Waals surface area contributed by atoms with Crippen molar-refractivity contribution in [2.45, 2.75) is 33.7 Å². The summed E-state index contributed by atoms with van der Waals surface area (Å²) < 4.78 is 5.87. The average Bonchev–Trinajstić information content (AvgIpc) is 2.44. The van der Waals surface area contributed by atoms with Crippen molar-refractivity contribution in [2.24, 2.45) is 0 Å². The van der Waals surface area contributed by atoms with E-state index >= 15 is 0 Å². The van der Waals surface area contributed by atoms with Crippen LogP contribution in [-0.2, 0) is 6.54 Å². The molecule has 0 aliphatic heterocycles. The summed E-state index contributed by atoms with van der Waals surface area (Å²) in [4.78, 5) is 0. The second-order valence-electron chi connectivity index (χ2n) is 5.30. The van der Waals surface area contributed by atoms with E-state index in [1.54, 1.807) is 0 Å². The Labute approximate surface area is 132 Å². The molecule has 0 aromatic heterocycles. The van der Waals surface area contributed by atoms with Crippen LogP contribution in [0.5, 0.6) is 11.5 Å². The molecule has 0 bridgehead atoms. The molecule has 1 N–H and O–H groups in total. The van der Waals surface area contributed by atoms with E-state index in [0.29, 0.717) is 10.8 Å². The minimum atomic E-state index is 0.640. The molecule has 0 radical (unpaired) electrons. The third kappa shape index (κ3) is 4.48. The van der Waals surface area contributed by atoms with E-state index in [9.17, 15) is 0 Å². The lowest BCUT2D eigenvalue weighted by molar-refractivity contribution is 0.482. The van der Waals surface area contributed by atoms with E-state index in [1.807, 2.05) is 31.2 Å². The maximum absolute atomic E-state index is 6.20. The van der Waals surface area contributed by atoms with Crippen LogP contribution in [0.25, 0.3) is 0 Å². The molecule has 0 saturated carbocycles. The lowest BCUT2D eigenvalue weighted by Gasteiger charge is -2.12. The molecule has 0 heterocycles. The summed E-state index contributed by atoms with van der Waals surface area (Å²) in [6.45, 7) is 8.22. The van der Waals surface area contributed by atoms with Gasteiger partial charge in [-0.3, -0.25) is 0 Å². The predicted octanol–water partition coefficient (Wildman–Crippen LogP) is 5.25. The SMILES string of the molecule is CCCNCc1ccc(Oc2ccc(C)cc2Cl)cc1C. The monoisotopic (exact) mass is 303 g/mol. The van der Waals surface area contributed by atoms with Gasteiger partial charge in [0.05, 0.1) is 5.02 Å². The van der Waals surface area contributed by atoms with Crippen LogP contribution in [-0.4, -0.2) is 6.54 Å². The van der Waals surface area contributed by atoms with Gasteiger partial charge in [0, 0.05) is 6.54 Å². The molecule has 3 heteroatoms. The molecular weight excluding hydrogens is 282 g/mol. The number of aryl methyl sites for hydroxylation is 2. The van der Waals surface area contributed by atoms with Gasteiger partial charge in [-0.15, -0.1) is 0 Å². The first kappa shape index (κ1) is 15.9. The van der Waals surface area contributed by atoms with E-state index in [0.717, 1.165) is 30.8 Å². The summed E-state index contributed by atoms with van der Waals surface area (Å²) in [5, 5.41) is 4.05. The first-order chi connectivity index (χ1) is 10.1. The summed E-state index contributed by atoms with van der Waals surface area (Å²) in [6, 6.07) is 12.0. The molecule has 0 atom stereocenters. The molecule has 0 aliphatic carbocycles. The van der Waals surface area contributed by atoms with E-state index in [-0.39, 0.29) is 0 Å². The Balaban J connectivity index is 2.09. The average molecular weight is 304 g/mol. The number of halogens is 1. The first-order valence-electron chi connectivity index (χ1n) is 7.34. The van der Waals surface area contributed by atoms with Crippen LogP contribution >= 0.6 is 11.6 Å². The molecule has 0 amide bonds. The largest absolute Gasteiger partial charge is 0.456 e. The van der Waals surface area contributed by atoms with E-state index in [1.165, 1.54) is 11.1 Å². The fraction of sp³-hybridized carbons (Fsp3) is 0.333. The number of ether oxygens (including phenoxy) is 1. The molecule has 2 aromatic carbocycles. The highest BCUT2D eigenvalue weighted by Gasteiger charge is 2.05. The Kier molecular flexibility index (Phi) is 5.66. The molecule has 0 unspecified atom stereocenters. The lowest BCUT2D eigenvalue weighted by atomic mass is 10.1. The number of hydrogen-bond acceptors (Lipinski definition) is 2. The highest BCUT2D eigenvalue weighted by Crippen LogP contribution is 2.30. The molecule has 112 valence electrons. The van der Waals surface area contributed by atoms with Gasteiger partial charge in [0.2, 0.25) is 0 Å². The van der Waals surface area contributed by atoms with Crippen molar-refractivity contribution in [3.05, 3.63) is 58.1 Å². The third-order valence-corrected chi connectivity index (χ3v) is 3.67. The second-order valence-corrected chi connectivity index (χ2v) is 5.71. The quantitative estimate of drug-likeness (QED) is 0.736. The van der Waals surface area contributed by atoms with Crippen LogP contribution in [0.4, 0.5) is 0 Å². The third-order valence-electron chi connectivity index (χ3n) is 3.37. The van der Waals surface area contributed by atoms with Gasteiger partial charge in [0.25, 0.3) is 0 Å². The zero-order valence-electron chi connectivity index (χ0n) is 12.9. The summed E-state index contributed by atoms with van der Waals surface area (Å²) in [5.74, 6) is 1.51. The van der Waals surface area contributed by atoms with Crippen LogP contribution in [0, 0.1) is 13.8 Å². The molecule has 0 aliphatic rings. The van der Waals surface area contributed by atoms with Gasteiger partial charge in [0.1, 0.15) is 11.5 Å². The highest BCUT2D eigenvalue weighted by atomic mass is 35.5. The summed E-state index contributed by atoms with van der Waals surface area (Å²) in [6.07, 6.45) is 1.15. The Morgan fingerprint density at radius 2 is 1.90 bits per heavy atom. The molecular formula is C18H22ClNO. The van der Waals surface area contributed by atoms with E-state index in [4.69, 9.17) is 16.3 Å². The van der Waals surface area contributed by atoms with Gasteiger partial charge >= 0.3 is 0 Å². The number of hydrogen-bond donors (Lipinski definition) is 1. The van der Waals surface area contributed by atoms with Gasteiger partial charge in [0.15, 0.2) is 0 Å². The molecule has 0 fully saturated rings. The van der Waals surface area contributed by atoms with Crippen LogP contribution in [0.3, 0.4) is 0 Å². The number of rotatable bonds is 6. The van der Waals surface area contributed by atoms with Gasteiger partial charge in [-0.2, -0.15) is 0 Å². The maximum atomic E-state index is 6.20. The standard InChI is InChI=1S/C18H22ClNO/c1-4-9-20-12-15-6-7-16(11-14(15)3)21-18-8-5-13(2)10-17(18)19/h5-8,10-11,20H,4,9,12H2,1-3H3. The lowest BCUT2D eigenvalue weighted by Crippen LogP contribution is -2.14. The zero-order valence-corrected chi connectivity index (χ0v) is 13.6. The van der Waals surface area contributed by atoms with Gasteiger partial charge in [-0.25, -0.2) is 0 Å². The first-order valence-corrected chi connectivity index (χ1v) is 7.72. The van der Waals surface area contributed by atoms with Crippen molar-refractivity contribution in [3.8, 4) is 11.5 Å². The van der Waals surface area contributed by atoms with Crippen molar-refractivity contribution >= 4 is 11.6 Å². The van der Waals surface area contributed by atoms with Crippen molar-refractivity contribution < 1.29 is 4.74 Å².